The van der Waals surface area contributed by atoms with Crippen LogP contribution in [0.1, 0.15) is 24.0 Å². The van der Waals surface area contributed by atoms with E-state index in [0.717, 1.165) is 49.1 Å². The fourth-order valence-corrected chi connectivity index (χ4v) is 4.12. The van der Waals surface area contributed by atoms with Crippen LogP contribution in [0.2, 0.25) is 0 Å². The maximum Gasteiger partial charge on any atom is 0.176 e. The molecule has 0 bridgehead atoms. The molecule has 0 saturated carbocycles. The Balaban J connectivity index is 0.00000225. The van der Waals surface area contributed by atoms with Crippen LogP contribution in [0.3, 0.4) is 0 Å². The van der Waals surface area contributed by atoms with E-state index in [1.54, 1.807) is 7.11 Å². The van der Waals surface area contributed by atoms with Crippen molar-refractivity contribution in [3.8, 4) is 17.6 Å². The zero-order valence-corrected chi connectivity index (χ0v) is 20.2. The number of ether oxygens (including phenoxy) is 2. The van der Waals surface area contributed by atoms with Crippen LogP contribution in [0.5, 0.6) is 11.5 Å². The molecule has 0 radical (unpaired) electrons. The van der Waals surface area contributed by atoms with Crippen LogP contribution in [0.25, 0.3) is 0 Å². The van der Waals surface area contributed by atoms with E-state index in [1.807, 2.05) is 18.2 Å². The Morgan fingerprint density at radius 3 is 2.47 bits per heavy atom. The van der Waals surface area contributed by atoms with E-state index in [1.165, 1.54) is 5.56 Å². The molecule has 0 spiro atoms. The van der Waals surface area contributed by atoms with Gasteiger partial charge in [0.1, 0.15) is 6.07 Å². The Bertz CT molecular complexity index is 810. The van der Waals surface area contributed by atoms with Gasteiger partial charge in [-0.3, -0.25) is 4.90 Å². The topological polar surface area (TPSA) is 57.5 Å². The van der Waals surface area contributed by atoms with Gasteiger partial charge in [-0.15, -0.1) is 24.8 Å². The lowest BCUT2D eigenvalue weighted by atomic mass is 10.0. The number of benzene rings is 2. The monoisotopic (exact) mass is 515 g/mol. The van der Waals surface area contributed by atoms with Gasteiger partial charge in [0.25, 0.3) is 0 Å². The Morgan fingerprint density at radius 2 is 1.83 bits per heavy atom. The van der Waals surface area contributed by atoms with Gasteiger partial charge in [-0.2, -0.15) is 5.26 Å². The zero-order valence-electron chi connectivity index (χ0n) is 17.0. The van der Waals surface area contributed by atoms with Gasteiger partial charge in [-0.1, -0.05) is 30.3 Å². The van der Waals surface area contributed by atoms with E-state index >= 15 is 0 Å². The first-order chi connectivity index (χ1) is 13.7. The first-order valence-electron chi connectivity index (χ1n) is 9.55. The highest BCUT2D eigenvalue weighted by atomic mass is 79.9. The summed E-state index contributed by atoms with van der Waals surface area (Å²) in [4.78, 5) is 2.52. The molecule has 1 aliphatic heterocycles. The van der Waals surface area contributed by atoms with Gasteiger partial charge in [-0.25, -0.2) is 0 Å². The number of hydrogen-bond acceptors (Lipinski definition) is 5. The van der Waals surface area contributed by atoms with E-state index in [0.29, 0.717) is 17.5 Å². The normalized spacial score (nSPS) is 14.2. The fraction of sp³-hybridized carbons (Fsp3) is 0.409. The second-order valence-corrected chi connectivity index (χ2v) is 7.83. The number of rotatable bonds is 8. The molecule has 1 heterocycles. The number of nitrogens with one attached hydrogen (secondary N) is 1. The second kappa shape index (κ2) is 13.7. The van der Waals surface area contributed by atoms with Gasteiger partial charge in [0.15, 0.2) is 18.1 Å². The molecular weight excluding hydrogens is 489 g/mol. The van der Waals surface area contributed by atoms with Gasteiger partial charge in [0.05, 0.1) is 11.6 Å². The lowest BCUT2D eigenvalue weighted by molar-refractivity contribution is 0.190. The third-order valence-electron chi connectivity index (χ3n) is 5.00. The third-order valence-corrected chi connectivity index (χ3v) is 5.59. The molecule has 30 heavy (non-hydrogen) atoms. The SMILES string of the molecule is COc1cc(CNC2CCN(Cc3ccccc3)CC2)cc(Br)c1OCC#N.Cl.Cl. The van der Waals surface area contributed by atoms with Crippen LogP contribution in [0.15, 0.2) is 46.9 Å². The summed E-state index contributed by atoms with van der Waals surface area (Å²) in [5, 5.41) is 12.4. The van der Waals surface area contributed by atoms with Gasteiger partial charge in [-0.05, 0) is 65.1 Å². The lowest BCUT2D eigenvalue weighted by Gasteiger charge is -2.32. The summed E-state index contributed by atoms with van der Waals surface area (Å²) in [6.07, 6.45) is 2.29. The van der Waals surface area contributed by atoms with Crippen LogP contribution < -0.4 is 14.8 Å². The molecule has 0 unspecified atom stereocenters. The highest BCUT2D eigenvalue weighted by Gasteiger charge is 2.19. The standard InChI is InChI=1S/C22H26BrN3O2.2ClH/c1-27-21-14-18(13-20(23)22(21)28-12-9-24)15-25-19-7-10-26(11-8-19)16-17-5-3-2-4-6-17;;/h2-6,13-14,19,25H,7-8,10-12,15-16H2,1H3;2*1H. The molecule has 1 fully saturated rings. The summed E-state index contributed by atoms with van der Waals surface area (Å²) in [6, 6.07) is 17.1. The van der Waals surface area contributed by atoms with E-state index in [4.69, 9.17) is 14.7 Å². The van der Waals surface area contributed by atoms with Crippen LogP contribution in [-0.4, -0.2) is 37.7 Å². The predicted molar refractivity (Wildman–Crippen MR) is 128 cm³/mol. The van der Waals surface area contributed by atoms with Crippen molar-refractivity contribution < 1.29 is 9.47 Å². The molecule has 2 aromatic carbocycles. The summed E-state index contributed by atoms with van der Waals surface area (Å²) in [5.41, 5.74) is 2.50. The van der Waals surface area contributed by atoms with Crippen LogP contribution >= 0.6 is 40.7 Å². The van der Waals surface area contributed by atoms with Crippen LogP contribution in [-0.2, 0) is 13.1 Å². The largest absolute Gasteiger partial charge is 0.493 e. The first-order valence-corrected chi connectivity index (χ1v) is 10.3. The Labute approximate surface area is 199 Å². The van der Waals surface area contributed by atoms with Gasteiger partial charge in [0, 0.05) is 19.1 Å². The summed E-state index contributed by atoms with van der Waals surface area (Å²) < 4.78 is 11.7. The number of hydrogen-bond donors (Lipinski definition) is 1. The number of methoxy groups -OCH3 is 1. The summed E-state index contributed by atoms with van der Waals surface area (Å²) in [5.74, 6) is 1.21. The first kappa shape index (κ1) is 26.5. The maximum absolute atomic E-state index is 8.72. The van der Waals surface area contributed by atoms with Gasteiger partial charge >= 0.3 is 0 Å². The molecule has 164 valence electrons. The van der Waals surface area contributed by atoms with Crippen molar-refractivity contribution in [3.63, 3.8) is 0 Å². The minimum absolute atomic E-state index is 0. The molecular formula is C22H28BrCl2N3O2. The number of halogens is 3. The molecule has 1 saturated heterocycles. The predicted octanol–water partition coefficient (Wildman–Crippen LogP) is 4.96. The van der Waals surface area contributed by atoms with Crippen LogP contribution in [0, 0.1) is 11.3 Å². The number of piperidine rings is 1. The molecule has 0 atom stereocenters. The smallest absolute Gasteiger partial charge is 0.176 e. The Hall–Kier alpha value is -1.49. The Kier molecular flexibility index (Phi) is 12.2. The average molecular weight is 517 g/mol. The van der Waals surface area contributed by atoms with E-state index < -0.39 is 0 Å². The quantitative estimate of drug-likeness (QED) is 0.537. The van der Waals surface area contributed by atoms with E-state index in [9.17, 15) is 0 Å². The van der Waals surface area contributed by atoms with E-state index in [2.05, 4.69) is 56.5 Å². The number of nitrogens with zero attached hydrogens (tertiary/aromatic N) is 2. The second-order valence-electron chi connectivity index (χ2n) is 6.97. The van der Waals surface area contributed by atoms with Crippen molar-refractivity contribution in [2.24, 2.45) is 0 Å². The summed E-state index contributed by atoms with van der Waals surface area (Å²) >= 11 is 3.53. The summed E-state index contributed by atoms with van der Waals surface area (Å²) in [6.45, 7) is 4.02. The van der Waals surface area contributed by atoms with Crippen molar-refractivity contribution in [2.75, 3.05) is 26.8 Å². The molecule has 1 aliphatic rings. The Morgan fingerprint density at radius 1 is 1.13 bits per heavy atom. The highest BCUT2D eigenvalue weighted by Crippen LogP contribution is 2.36. The van der Waals surface area contributed by atoms with Crippen molar-refractivity contribution in [1.29, 1.82) is 5.26 Å². The maximum atomic E-state index is 8.72. The molecule has 0 aliphatic carbocycles. The highest BCUT2D eigenvalue weighted by molar-refractivity contribution is 9.10. The summed E-state index contributed by atoms with van der Waals surface area (Å²) in [7, 11) is 1.61. The minimum Gasteiger partial charge on any atom is -0.493 e. The molecule has 3 rings (SSSR count). The molecule has 0 aromatic heterocycles. The van der Waals surface area contributed by atoms with E-state index in [-0.39, 0.29) is 31.4 Å². The minimum atomic E-state index is -0.00584. The molecule has 1 N–H and O–H groups in total. The van der Waals surface area contributed by atoms with Gasteiger partial charge in [0.2, 0.25) is 0 Å². The van der Waals surface area contributed by atoms with Crippen molar-refractivity contribution in [3.05, 3.63) is 58.1 Å². The average Bonchev–Trinajstić information content (AvgIpc) is 2.73. The molecule has 2 aromatic rings. The van der Waals surface area contributed by atoms with Crippen molar-refractivity contribution in [1.82, 2.24) is 10.2 Å². The van der Waals surface area contributed by atoms with Crippen molar-refractivity contribution in [2.45, 2.75) is 32.0 Å². The number of nitriles is 1. The molecule has 0 amide bonds. The van der Waals surface area contributed by atoms with Crippen LogP contribution in [0.4, 0.5) is 0 Å². The molecule has 8 heteroatoms. The van der Waals surface area contributed by atoms with Gasteiger partial charge < -0.3 is 14.8 Å². The lowest BCUT2D eigenvalue weighted by Crippen LogP contribution is -2.41. The molecule has 5 nitrogen and oxygen atoms in total. The van der Waals surface area contributed by atoms with Crippen molar-refractivity contribution >= 4 is 40.7 Å². The zero-order chi connectivity index (χ0) is 19.8. The third kappa shape index (κ3) is 7.64. The number of likely N-dealkylation sites (tertiary alicyclic amines) is 1. The fourth-order valence-electron chi connectivity index (χ4n) is 3.52.